The van der Waals surface area contributed by atoms with Crippen molar-refractivity contribution in [3.8, 4) is 5.75 Å². The minimum atomic E-state index is -0.419. The molecule has 0 saturated carbocycles. The molecule has 0 spiro atoms. The van der Waals surface area contributed by atoms with Crippen LogP contribution in [0, 0.1) is 0 Å². The minimum Gasteiger partial charge on any atom is -0.484 e. The van der Waals surface area contributed by atoms with E-state index in [0.29, 0.717) is 23.9 Å². The summed E-state index contributed by atoms with van der Waals surface area (Å²) in [5.74, 6) is 1.86. The summed E-state index contributed by atoms with van der Waals surface area (Å²) in [5.41, 5.74) is 0.890. The van der Waals surface area contributed by atoms with E-state index in [0.717, 1.165) is 12.0 Å². The zero-order valence-electron chi connectivity index (χ0n) is 11.2. The Balaban J connectivity index is 1.92. The predicted molar refractivity (Wildman–Crippen MR) is 69.7 cm³/mol. The second-order valence-electron chi connectivity index (χ2n) is 4.24. The average molecular weight is 262 g/mol. The third kappa shape index (κ3) is 3.54. The van der Waals surface area contributed by atoms with E-state index in [1.165, 1.54) is 0 Å². The quantitative estimate of drug-likeness (QED) is 0.866. The van der Waals surface area contributed by atoms with E-state index >= 15 is 0 Å². The molecule has 102 valence electrons. The van der Waals surface area contributed by atoms with Crippen LogP contribution in [-0.4, -0.2) is 15.2 Å². The number of nitrogens with zero attached hydrogens (tertiary/aromatic N) is 2. The van der Waals surface area contributed by atoms with Crippen LogP contribution in [-0.2, 0) is 13.0 Å². The van der Waals surface area contributed by atoms with Crippen LogP contribution in [0.4, 0.5) is 0 Å². The lowest BCUT2D eigenvalue weighted by molar-refractivity contribution is 0.173. The summed E-state index contributed by atoms with van der Waals surface area (Å²) in [6, 6.07) is 7.36. The number of rotatable bonds is 6. The van der Waals surface area contributed by atoms with Crippen molar-refractivity contribution in [1.82, 2.24) is 10.1 Å². The normalized spacial score (nSPS) is 12.4. The number of aliphatic hydroxyl groups is 1. The van der Waals surface area contributed by atoms with Gasteiger partial charge in [0.05, 0.1) is 6.10 Å². The van der Waals surface area contributed by atoms with Crippen molar-refractivity contribution in [2.24, 2.45) is 0 Å². The van der Waals surface area contributed by atoms with Crippen molar-refractivity contribution in [1.29, 1.82) is 0 Å². The zero-order chi connectivity index (χ0) is 13.7. The number of aryl methyl sites for hydroxylation is 1. The number of benzene rings is 1. The molecule has 2 rings (SSSR count). The number of hydrogen-bond acceptors (Lipinski definition) is 5. The number of aromatic nitrogens is 2. The van der Waals surface area contributed by atoms with Gasteiger partial charge in [-0.3, -0.25) is 0 Å². The molecule has 0 aliphatic rings. The second-order valence-corrected chi connectivity index (χ2v) is 4.24. The van der Waals surface area contributed by atoms with Crippen molar-refractivity contribution >= 4 is 0 Å². The highest BCUT2D eigenvalue weighted by atomic mass is 16.5. The molecule has 5 heteroatoms. The molecule has 19 heavy (non-hydrogen) atoms. The summed E-state index contributed by atoms with van der Waals surface area (Å²) in [5, 5.41) is 13.5. The molecule has 1 aromatic carbocycles. The Morgan fingerprint density at radius 2 is 2.00 bits per heavy atom. The van der Waals surface area contributed by atoms with Crippen LogP contribution >= 0.6 is 0 Å². The van der Waals surface area contributed by atoms with Crippen molar-refractivity contribution in [2.75, 3.05) is 0 Å². The topological polar surface area (TPSA) is 68.4 Å². The first kappa shape index (κ1) is 13.5. The fourth-order valence-corrected chi connectivity index (χ4v) is 1.66. The molecule has 0 aliphatic heterocycles. The Kier molecular flexibility index (Phi) is 4.52. The second kappa shape index (κ2) is 6.33. The van der Waals surface area contributed by atoms with E-state index in [1.54, 1.807) is 0 Å². The first-order valence-electron chi connectivity index (χ1n) is 6.45. The third-order valence-electron chi connectivity index (χ3n) is 2.84. The molecule has 1 heterocycles. The van der Waals surface area contributed by atoms with Crippen LogP contribution < -0.4 is 4.74 Å². The Morgan fingerprint density at radius 3 is 2.58 bits per heavy atom. The van der Waals surface area contributed by atoms with Crippen LogP contribution in [0.15, 0.2) is 28.8 Å². The van der Waals surface area contributed by atoms with Gasteiger partial charge in [0.1, 0.15) is 5.75 Å². The summed E-state index contributed by atoms with van der Waals surface area (Å²) in [7, 11) is 0. The molecule has 1 aromatic heterocycles. The van der Waals surface area contributed by atoms with Gasteiger partial charge in [-0.05, 0) is 24.1 Å². The predicted octanol–water partition coefficient (Wildman–Crippen LogP) is 2.65. The van der Waals surface area contributed by atoms with Gasteiger partial charge in [-0.25, -0.2) is 0 Å². The van der Waals surface area contributed by atoms with Crippen LogP contribution in [0.3, 0.4) is 0 Å². The van der Waals surface area contributed by atoms with Gasteiger partial charge in [-0.1, -0.05) is 31.1 Å². The molecule has 1 N–H and O–H groups in total. The molecule has 0 amide bonds. The van der Waals surface area contributed by atoms with E-state index in [-0.39, 0.29) is 6.61 Å². The fraction of sp³-hybridized carbons (Fsp3) is 0.429. The first-order chi connectivity index (χ1) is 9.22. The van der Waals surface area contributed by atoms with Gasteiger partial charge in [0.2, 0.25) is 0 Å². The Bertz CT molecular complexity index is 508. The smallest absolute Gasteiger partial charge is 0.264 e. The van der Waals surface area contributed by atoms with Crippen LogP contribution in [0.1, 0.15) is 43.7 Å². The molecule has 1 atom stereocenters. The van der Waals surface area contributed by atoms with Gasteiger partial charge in [0.15, 0.2) is 12.4 Å². The highest BCUT2D eigenvalue weighted by Crippen LogP contribution is 2.20. The standard InChI is InChI=1S/C14H18N2O3/c1-3-12(17)10-5-7-11(8-6-10)18-9-14-15-13(4-2)16-19-14/h5-8,12,17H,3-4,9H2,1-2H3. The molecule has 0 bridgehead atoms. The number of hydrogen-bond donors (Lipinski definition) is 1. The molecule has 0 radical (unpaired) electrons. The first-order valence-corrected chi connectivity index (χ1v) is 6.45. The maximum Gasteiger partial charge on any atom is 0.264 e. The van der Waals surface area contributed by atoms with E-state index in [2.05, 4.69) is 10.1 Å². The molecule has 0 aliphatic carbocycles. The Labute approximate surface area is 112 Å². The number of ether oxygens (including phenoxy) is 1. The molecule has 1 unspecified atom stereocenters. The van der Waals surface area contributed by atoms with Gasteiger partial charge >= 0.3 is 0 Å². The van der Waals surface area contributed by atoms with E-state index in [1.807, 2.05) is 38.1 Å². The highest BCUT2D eigenvalue weighted by molar-refractivity contribution is 5.28. The molecular formula is C14H18N2O3. The minimum absolute atomic E-state index is 0.253. The summed E-state index contributed by atoms with van der Waals surface area (Å²) >= 11 is 0. The zero-order valence-corrected chi connectivity index (χ0v) is 11.2. The van der Waals surface area contributed by atoms with Crippen molar-refractivity contribution < 1.29 is 14.4 Å². The summed E-state index contributed by atoms with van der Waals surface area (Å²) in [4.78, 5) is 4.16. The van der Waals surface area contributed by atoms with E-state index in [4.69, 9.17) is 9.26 Å². The lowest BCUT2D eigenvalue weighted by atomic mass is 10.1. The van der Waals surface area contributed by atoms with Gasteiger partial charge in [-0.2, -0.15) is 4.98 Å². The monoisotopic (exact) mass is 262 g/mol. The summed E-state index contributed by atoms with van der Waals surface area (Å²) < 4.78 is 10.6. The van der Waals surface area contributed by atoms with E-state index in [9.17, 15) is 5.11 Å². The largest absolute Gasteiger partial charge is 0.484 e. The maximum atomic E-state index is 9.68. The molecule has 0 saturated heterocycles. The van der Waals surface area contributed by atoms with Crippen LogP contribution in [0.25, 0.3) is 0 Å². The number of aliphatic hydroxyl groups excluding tert-OH is 1. The highest BCUT2D eigenvalue weighted by Gasteiger charge is 2.07. The summed E-state index contributed by atoms with van der Waals surface area (Å²) in [6.07, 6.45) is 1.02. The fourth-order valence-electron chi connectivity index (χ4n) is 1.66. The van der Waals surface area contributed by atoms with Gasteiger partial charge < -0.3 is 14.4 Å². The van der Waals surface area contributed by atoms with Gasteiger partial charge in [-0.15, -0.1) is 0 Å². The van der Waals surface area contributed by atoms with Crippen molar-refractivity contribution in [3.05, 3.63) is 41.5 Å². The van der Waals surface area contributed by atoms with Crippen molar-refractivity contribution in [3.63, 3.8) is 0 Å². The molecular weight excluding hydrogens is 244 g/mol. The maximum absolute atomic E-state index is 9.68. The van der Waals surface area contributed by atoms with Crippen LogP contribution in [0.5, 0.6) is 5.75 Å². The molecule has 0 fully saturated rings. The lowest BCUT2D eigenvalue weighted by Gasteiger charge is -2.09. The van der Waals surface area contributed by atoms with Crippen LogP contribution in [0.2, 0.25) is 0 Å². The average Bonchev–Trinajstić information content (AvgIpc) is 2.93. The molecule has 2 aromatic rings. The van der Waals surface area contributed by atoms with E-state index < -0.39 is 6.10 Å². The SMILES string of the molecule is CCc1noc(COc2ccc(C(O)CC)cc2)n1. The van der Waals surface area contributed by atoms with Crippen molar-refractivity contribution in [2.45, 2.75) is 39.4 Å². The Morgan fingerprint density at radius 1 is 1.26 bits per heavy atom. The molecule has 5 nitrogen and oxygen atoms in total. The van der Waals surface area contributed by atoms with Gasteiger partial charge in [0, 0.05) is 6.42 Å². The lowest BCUT2D eigenvalue weighted by Crippen LogP contribution is -1.98. The third-order valence-corrected chi connectivity index (χ3v) is 2.84. The van der Waals surface area contributed by atoms with Gasteiger partial charge in [0.25, 0.3) is 5.89 Å². The summed E-state index contributed by atoms with van der Waals surface area (Å²) in [6.45, 7) is 4.16. The Hall–Kier alpha value is -1.88.